The van der Waals surface area contributed by atoms with E-state index in [1.165, 1.54) is 24.1 Å². The molecule has 0 spiro atoms. The second kappa shape index (κ2) is 10.4. The first-order chi connectivity index (χ1) is 15.2. The van der Waals surface area contributed by atoms with Crippen molar-refractivity contribution < 1.29 is 27.9 Å². The lowest BCUT2D eigenvalue weighted by Crippen LogP contribution is -2.43. The quantitative estimate of drug-likeness (QED) is 0.350. The van der Waals surface area contributed by atoms with Gasteiger partial charge in [0.2, 0.25) is 8.32 Å². The minimum absolute atomic E-state index is 0.0586. The van der Waals surface area contributed by atoms with E-state index < -0.39 is 32.2 Å². The molecule has 0 unspecified atom stereocenters. The van der Waals surface area contributed by atoms with Gasteiger partial charge in [0.25, 0.3) is 0 Å². The van der Waals surface area contributed by atoms with Crippen LogP contribution in [0.25, 0.3) is 0 Å². The molecule has 0 bridgehead atoms. The highest BCUT2D eigenvalue weighted by molar-refractivity contribution is 6.74. The van der Waals surface area contributed by atoms with Crippen molar-refractivity contribution in [3.63, 3.8) is 0 Å². The monoisotopic (exact) mass is 475 g/mol. The first kappa shape index (κ1) is 26.4. The highest BCUT2D eigenvalue weighted by Gasteiger charge is 2.39. The molecule has 0 aromatic heterocycles. The molecule has 1 atom stereocenters. The van der Waals surface area contributed by atoms with Crippen LogP contribution in [-0.2, 0) is 9.53 Å². The number of ether oxygens (including phenoxy) is 2. The van der Waals surface area contributed by atoms with E-state index in [0.29, 0.717) is 5.56 Å². The predicted molar refractivity (Wildman–Crippen MR) is 129 cm³/mol. The molecule has 0 N–H and O–H groups in total. The van der Waals surface area contributed by atoms with Gasteiger partial charge in [-0.25, -0.2) is 9.18 Å². The van der Waals surface area contributed by atoms with Crippen molar-refractivity contribution in [2.24, 2.45) is 0 Å². The number of hydrogen-bond acceptors (Lipinski definition) is 5. The Labute approximate surface area is 196 Å². The van der Waals surface area contributed by atoms with Crippen LogP contribution < -0.4 is 9.16 Å². The fourth-order valence-corrected chi connectivity index (χ4v) is 3.83. The summed E-state index contributed by atoms with van der Waals surface area (Å²) in [5.74, 6) is -0.255. The first-order valence-electron chi connectivity index (χ1n) is 10.9. The highest BCUT2D eigenvalue weighted by atomic mass is 28.4. The third-order valence-electron chi connectivity index (χ3n) is 6.12. The van der Waals surface area contributed by atoms with Crippen LogP contribution in [0.3, 0.4) is 0 Å². The second-order valence-corrected chi connectivity index (χ2v) is 14.3. The molecule has 0 aliphatic rings. The van der Waals surface area contributed by atoms with Gasteiger partial charge in [-0.3, -0.25) is 9.69 Å². The summed E-state index contributed by atoms with van der Waals surface area (Å²) >= 11 is 0. The second-order valence-electron chi connectivity index (χ2n) is 9.59. The molecule has 8 heteroatoms. The van der Waals surface area contributed by atoms with Crippen molar-refractivity contribution in [1.82, 2.24) is 4.90 Å². The Hall–Kier alpha value is -2.87. The van der Waals surface area contributed by atoms with E-state index in [1.807, 2.05) is 24.3 Å². The zero-order valence-corrected chi connectivity index (χ0v) is 21.7. The van der Waals surface area contributed by atoms with Crippen LogP contribution >= 0.6 is 0 Å². The van der Waals surface area contributed by atoms with Gasteiger partial charge in [0.1, 0.15) is 23.9 Å². The van der Waals surface area contributed by atoms with Crippen LogP contribution in [-0.4, -0.2) is 38.9 Å². The number of nitrogens with zero attached hydrogens (tertiary/aromatic N) is 1. The summed E-state index contributed by atoms with van der Waals surface area (Å²) in [4.78, 5) is 26.1. The largest absolute Gasteiger partial charge is 0.544 e. The molecule has 0 saturated carbocycles. The number of rotatable bonds is 7. The number of carbonyl (C=O) groups excluding carboxylic acids is 2. The summed E-state index contributed by atoms with van der Waals surface area (Å²) in [5.41, 5.74) is 1.23. The lowest BCUT2D eigenvalue weighted by Gasteiger charge is -2.36. The van der Waals surface area contributed by atoms with E-state index in [9.17, 15) is 14.0 Å². The minimum Gasteiger partial charge on any atom is -0.544 e. The van der Waals surface area contributed by atoms with Gasteiger partial charge in [-0.1, -0.05) is 39.0 Å². The van der Waals surface area contributed by atoms with E-state index in [1.54, 1.807) is 13.8 Å². The molecule has 2 rings (SSSR count). The van der Waals surface area contributed by atoms with E-state index in [-0.39, 0.29) is 17.3 Å². The zero-order chi connectivity index (χ0) is 25.0. The number of carbonyl (C=O) groups is 2. The van der Waals surface area contributed by atoms with Crippen molar-refractivity contribution in [1.29, 1.82) is 0 Å². The van der Waals surface area contributed by atoms with Gasteiger partial charge in [-0.15, -0.1) is 0 Å². The third-order valence-corrected chi connectivity index (χ3v) is 10.5. The normalized spacial score (nSPS) is 12.6. The lowest BCUT2D eigenvalue weighted by molar-refractivity contribution is -0.141. The van der Waals surface area contributed by atoms with E-state index in [2.05, 4.69) is 33.9 Å². The molecule has 33 heavy (non-hydrogen) atoms. The van der Waals surface area contributed by atoms with Crippen LogP contribution in [0.15, 0.2) is 42.5 Å². The fraction of sp³-hybridized carbons (Fsp3) is 0.440. The molecule has 0 heterocycles. The predicted octanol–water partition coefficient (Wildman–Crippen LogP) is 6.25. The molecule has 6 nitrogen and oxygen atoms in total. The Morgan fingerprint density at radius 3 is 2.15 bits per heavy atom. The molecular weight excluding hydrogens is 441 g/mol. The molecule has 1 amide bonds. The number of esters is 1. The van der Waals surface area contributed by atoms with Crippen LogP contribution in [0.4, 0.5) is 9.18 Å². The zero-order valence-electron chi connectivity index (χ0n) is 20.7. The maximum atomic E-state index is 13.9. The number of amides is 1. The molecule has 0 saturated heterocycles. The van der Waals surface area contributed by atoms with Gasteiger partial charge in [0.15, 0.2) is 0 Å². The Morgan fingerprint density at radius 2 is 1.64 bits per heavy atom. The van der Waals surface area contributed by atoms with Crippen molar-refractivity contribution in [2.45, 2.75) is 58.8 Å². The number of halogens is 1. The average molecular weight is 476 g/mol. The number of hydrogen-bond donors (Lipinski definition) is 0. The lowest BCUT2D eigenvalue weighted by atomic mass is 10.1. The summed E-state index contributed by atoms with van der Waals surface area (Å²) in [6, 6.07) is 11.1. The fourth-order valence-electron chi connectivity index (χ4n) is 2.80. The molecule has 0 aliphatic carbocycles. The molecular formula is C25H34FNO5Si. The topological polar surface area (TPSA) is 65.1 Å². The SMILES string of the molecule is COC(=O)CN(C(=O)Oc1ccc(C)c(F)c1)[C@@H](C)c1ccc(O[Si](C)(C)C(C)(C)C)cc1. The van der Waals surface area contributed by atoms with E-state index in [0.717, 1.165) is 17.4 Å². The van der Waals surface area contributed by atoms with Crippen LogP contribution in [0.5, 0.6) is 11.5 Å². The maximum Gasteiger partial charge on any atom is 0.416 e. The van der Waals surface area contributed by atoms with Gasteiger partial charge >= 0.3 is 12.1 Å². The summed E-state index contributed by atoms with van der Waals surface area (Å²) in [6.45, 7) is 13.9. The number of aryl methyl sites for hydroxylation is 1. The summed E-state index contributed by atoms with van der Waals surface area (Å²) in [7, 11) is -0.736. The number of methoxy groups -OCH3 is 1. The molecule has 2 aromatic carbocycles. The van der Waals surface area contributed by atoms with Gasteiger partial charge in [-0.2, -0.15) is 0 Å². The Bertz CT molecular complexity index is 985. The van der Waals surface area contributed by atoms with Crippen molar-refractivity contribution >= 4 is 20.4 Å². The first-order valence-corrected chi connectivity index (χ1v) is 13.8. The molecule has 180 valence electrons. The van der Waals surface area contributed by atoms with Gasteiger partial charge in [-0.05, 0) is 61.3 Å². The molecule has 0 aliphatic heterocycles. The molecule has 0 fully saturated rings. The van der Waals surface area contributed by atoms with Gasteiger partial charge in [0.05, 0.1) is 13.2 Å². The van der Waals surface area contributed by atoms with Crippen LogP contribution in [0.1, 0.15) is 44.9 Å². The Balaban J connectivity index is 2.23. The van der Waals surface area contributed by atoms with Crippen molar-refractivity contribution in [2.75, 3.05) is 13.7 Å². The van der Waals surface area contributed by atoms with E-state index in [4.69, 9.17) is 13.9 Å². The third kappa shape index (κ3) is 6.80. The highest BCUT2D eigenvalue weighted by Crippen LogP contribution is 2.37. The Kier molecular flexibility index (Phi) is 8.29. The van der Waals surface area contributed by atoms with E-state index >= 15 is 0 Å². The van der Waals surface area contributed by atoms with Crippen molar-refractivity contribution in [3.05, 3.63) is 59.4 Å². The Morgan fingerprint density at radius 1 is 1.06 bits per heavy atom. The van der Waals surface area contributed by atoms with Gasteiger partial charge < -0.3 is 13.9 Å². The summed E-state index contributed by atoms with van der Waals surface area (Å²) < 4.78 is 30.3. The average Bonchev–Trinajstić information content (AvgIpc) is 2.73. The smallest absolute Gasteiger partial charge is 0.416 e. The maximum absolute atomic E-state index is 13.9. The summed E-state index contributed by atoms with van der Waals surface area (Å²) in [6.07, 6.45) is -0.780. The van der Waals surface area contributed by atoms with Crippen LogP contribution in [0, 0.1) is 12.7 Å². The molecule has 2 aromatic rings. The summed E-state index contributed by atoms with van der Waals surface area (Å²) in [5, 5.41) is 0.0650. The van der Waals surface area contributed by atoms with Crippen molar-refractivity contribution in [3.8, 4) is 11.5 Å². The minimum atomic E-state index is -1.99. The number of benzene rings is 2. The molecule has 0 radical (unpaired) electrons. The standard InChI is InChI=1S/C25H34FNO5Si/c1-17-9-12-21(15-22(17)26)31-24(29)27(16-23(28)30-6)18(2)19-10-13-20(14-11-19)32-33(7,8)25(3,4)5/h9-15,18H,16H2,1-8H3/t18-/m0/s1. The van der Waals surface area contributed by atoms with Crippen LogP contribution in [0.2, 0.25) is 18.1 Å². The van der Waals surface area contributed by atoms with Gasteiger partial charge in [0, 0.05) is 6.07 Å².